The summed E-state index contributed by atoms with van der Waals surface area (Å²) >= 11 is 0. The van der Waals surface area contributed by atoms with Crippen LogP contribution >= 0.6 is 0 Å². The average molecular weight is 523 g/mol. The van der Waals surface area contributed by atoms with Gasteiger partial charge in [0, 0.05) is 25.2 Å². The number of fused-ring (bicyclic) bond motifs is 1. The minimum Gasteiger partial charge on any atom is -0.444 e. The van der Waals surface area contributed by atoms with Gasteiger partial charge in [0.25, 0.3) is 5.91 Å². The average Bonchev–Trinajstić information content (AvgIpc) is 3.26. The van der Waals surface area contributed by atoms with Crippen LogP contribution in [0.4, 0.5) is 9.18 Å². The van der Waals surface area contributed by atoms with Crippen LogP contribution in [0.15, 0.2) is 36.4 Å². The molecule has 2 aromatic carbocycles. The molecule has 8 heteroatoms. The van der Waals surface area contributed by atoms with Gasteiger partial charge in [0.2, 0.25) is 0 Å². The first-order valence-corrected chi connectivity index (χ1v) is 13.5. The third kappa shape index (κ3) is 6.34. The second-order valence-corrected chi connectivity index (χ2v) is 11.4. The highest BCUT2D eigenvalue weighted by atomic mass is 19.1. The van der Waals surface area contributed by atoms with Crippen molar-refractivity contribution < 1.29 is 18.7 Å². The first-order chi connectivity index (χ1) is 18.0. The smallest absolute Gasteiger partial charge is 0.408 e. The SMILES string of the molecule is CN(C)C(=O)c1ccccc1-c1ccc2[nH]c(C(NC(=O)OC(C)(C)C)C3CCCCCCC3)nc2c1F. The highest BCUT2D eigenvalue weighted by Crippen LogP contribution is 2.35. The van der Waals surface area contributed by atoms with Gasteiger partial charge in [-0.25, -0.2) is 14.2 Å². The molecule has 1 heterocycles. The van der Waals surface area contributed by atoms with E-state index < -0.39 is 23.6 Å². The fourth-order valence-corrected chi connectivity index (χ4v) is 5.23. The van der Waals surface area contributed by atoms with Gasteiger partial charge >= 0.3 is 6.09 Å². The molecule has 7 nitrogen and oxygen atoms in total. The number of amides is 2. The van der Waals surface area contributed by atoms with Crippen LogP contribution in [0.2, 0.25) is 0 Å². The topological polar surface area (TPSA) is 87.3 Å². The zero-order valence-corrected chi connectivity index (χ0v) is 23.1. The van der Waals surface area contributed by atoms with Crippen LogP contribution in [-0.4, -0.2) is 46.6 Å². The summed E-state index contributed by atoms with van der Waals surface area (Å²) in [5, 5.41) is 3.04. The number of carbonyl (C=O) groups is 2. The number of aromatic amines is 1. The molecule has 0 saturated heterocycles. The summed E-state index contributed by atoms with van der Waals surface area (Å²) < 4.78 is 21.6. The van der Waals surface area contributed by atoms with Crippen LogP contribution in [0.25, 0.3) is 22.2 Å². The van der Waals surface area contributed by atoms with E-state index in [9.17, 15) is 9.59 Å². The number of benzene rings is 2. The van der Waals surface area contributed by atoms with E-state index in [1.165, 1.54) is 24.2 Å². The number of hydrogen-bond acceptors (Lipinski definition) is 4. The summed E-state index contributed by atoms with van der Waals surface area (Å²) in [5.74, 6) is -0.0269. The van der Waals surface area contributed by atoms with Gasteiger partial charge in [-0.15, -0.1) is 0 Å². The van der Waals surface area contributed by atoms with Crippen molar-refractivity contribution in [2.24, 2.45) is 5.92 Å². The number of alkyl carbamates (subject to hydrolysis) is 1. The Balaban J connectivity index is 1.74. The number of H-pyrrole nitrogens is 1. The zero-order chi connectivity index (χ0) is 27.4. The number of halogens is 1. The van der Waals surface area contributed by atoms with Crippen LogP contribution in [0, 0.1) is 11.7 Å². The Kier molecular flexibility index (Phi) is 8.38. The second-order valence-electron chi connectivity index (χ2n) is 11.4. The van der Waals surface area contributed by atoms with E-state index in [0.717, 1.165) is 25.7 Å². The van der Waals surface area contributed by atoms with Crippen molar-refractivity contribution in [2.75, 3.05) is 14.1 Å². The highest BCUT2D eigenvalue weighted by molar-refractivity contribution is 6.01. The fourth-order valence-electron chi connectivity index (χ4n) is 5.23. The normalized spacial score (nSPS) is 15.9. The monoisotopic (exact) mass is 522 g/mol. The summed E-state index contributed by atoms with van der Waals surface area (Å²) in [7, 11) is 3.35. The molecule has 204 valence electrons. The summed E-state index contributed by atoms with van der Waals surface area (Å²) in [6, 6.07) is 10.0. The number of imidazole rings is 1. The summed E-state index contributed by atoms with van der Waals surface area (Å²) in [6.07, 6.45) is 7.10. The molecule has 2 N–H and O–H groups in total. The van der Waals surface area contributed by atoms with Crippen molar-refractivity contribution in [3.8, 4) is 11.1 Å². The van der Waals surface area contributed by atoms with Crippen LogP contribution in [0.5, 0.6) is 0 Å². The molecule has 3 aromatic rings. The Morgan fingerprint density at radius 2 is 1.68 bits per heavy atom. The number of carbonyl (C=O) groups excluding carboxylic acids is 2. The van der Waals surface area contributed by atoms with E-state index in [2.05, 4.69) is 10.3 Å². The Bertz CT molecular complexity index is 1290. The Hall–Kier alpha value is -3.42. The quantitative estimate of drug-likeness (QED) is 0.378. The number of ether oxygens (including phenoxy) is 1. The van der Waals surface area contributed by atoms with Crippen molar-refractivity contribution in [1.29, 1.82) is 0 Å². The molecule has 1 fully saturated rings. The molecule has 0 aliphatic heterocycles. The van der Waals surface area contributed by atoms with Gasteiger partial charge in [-0.2, -0.15) is 0 Å². The highest BCUT2D eigenvalue weighted by Gasteiger charge is 2.30. The van der Waals surface area contributed by atoms with Gasteiger partial charge in [0.15, 0.2) is 5.82 Å². The number of nitrogens with zero attached hydrogens (tertiary/aromatic N) is 2. The Morgan fingerprint density at radius 1 is 1.03 bits per heavy atom. The van der Waals surface area contributed by atoms with E-state index in [4.69, 9.17) is 9.72 Å². The van der Waals surface area contributed by atoms with Crippen molar-refractivity contribution in [1.82, 2.24) is 20.2 Å². The lowest BCUT2D eigenvalue weighted by molar-refractivity contribution is 0.0475. The van der Waals surface area contributed by atoms with E-state index in [-0.39, 0.29) is 17.3 Å². The van der Waals surface area contributed by atoms with Gasteiger partial charge < -0.3 is 19.9 Å². The molecule has 38 heavy (non-hydrogen) atoms. The van der Waals surface area contributed by atoms with E-state index in [0.29, 0.717) is 28.0 Å². The van der Waals surface area contributed by atoms with Crippen molar-refractivity contribution in [2.45, 2.75) is 77.4 Å². The number of nitrogens with one attached hydrogen (secondary N) is 2. The van der Waals surface area contributed by atoms with E-state index >= 15 is 4.39 Å². The largest absolute Gasteiger partial charge is 0.444 e. The molecule has 1 aliphatic carbocycles. The lowest BCUT2D eigenvalue weighted by Gasteiger charge is -2.29. The Labute approximate surface area is 224 Å². The lowest BCUT2D eigenvalue weighted by atomic mass is 9.85. The molecular formula is C30H39FN4O3. The second kappa shape index (κ2) is 11.5. The van der Waals surface area contributed by atoms with Crippen molar-refractivity contribution in [3.63, 3.8) is 0 Å². The van der Waals surface area contributed by atoms with Crippen molar-refractivity contribution >= 4 is 23.0 Å². The fraction of sp³-hybridized carbons (Fsp3) is 0.500. The van der Waals surface area contributed by atoms with Gasteiger partial charge in [0.1, 0.15) is 16.9 Å². The van der Waals surface area contributed by atoms with Gasteiger partial charge in [-0.3, -0.25) is 4.79 Å². The number of hydrogen-bond donors (Lipinski definition) is 2. The molecule has 0 bridgehead atoms. The minimum absolute atomic E-state index is 0.157. The van der Waals surface area contributed by atoms with Crippen LogP contribution in [-0.2, 0) is 4.74 Å². The minimum atomic E-state index is -0.637. The molecular weight excluding hydrogens is 483 g/mol. The van der Waals surface area contributed by atoms with Crippen LogP contribution in [0.3, 0.4) is 0 Å². The molecule has 1 aliphatic rings. The summed E-state index contributed by atoms with van der Waals surface area (Å²) in [5.41, 5.74) is 1.33. The summed E-state index contributed by atoms with van der Waals surface area (Å²) in [4.78, 5) is 35.0. The molecule has 1 saturated carbocycles. The molecule has 2 amide bonds. The number of rotatable bonds is 5. The molecule has 1 unspecified atom stereocenters. The molecule has 4 rings (SSSR count). The predicted octanol–water partition coefficient (Wildman–Crippen LogP) is 7.00. The van der Waals surface area contributed by atoms with Gasteiger partial charge in [-0.05, 0) is 63.3 Å². The van der Waals surface area contributed by atoms with Crippen molar-refractivity contribution in [3.05, 3.63) is 53.6 Å². The summed E-state index contributed by atoms with van der Waals surface area (Å²) in [6.45, 7) is 5.48. The molecule has 1 atom stereocenters. The molecule has 0 spiro atoms. The predicted molar refractivity (Wildman–Crippen MR) is 147 cm³/mol. The van der Waals surface area contributed by atoms with E-state index in [1.807, 2.05) is 20.8 Å². The third-order valence-electron chi connectivity index (χ3n) is 7.05. The molecule has 1 aromatic heterocycles. The third-order valence-corrected chi connectivity index (χ3v) is 7.05. The molecule has 0 radical (unpaired) electrons. The lowest BCUT2D eigenvalue weighted by Crippen LogP contribution is -2.38. The maximum absolute atomic E-state index is 16.0. The number of aromatic nitrogens is 2. The zero-order valence-electron chi connectivity index (χ0n) is 23.1. The standard InChI is InChI=1S/C30H39FN4O3/c1-30(2,3)38-29(37)34-25(19-13-9-7-6-8-10-14-19)27-32-23-18-17-21(24(31)26(23)33-27)20-15-11-12-16-22(20)28(36)35(4)5/h11-12,15-19,25H,6-10,13-14H2,1-5H3,(H,32,33)(H,34,37). The maximum Gasteiger partial charge on any atom is 0.408 e. The first-order valence-electron chi connectivity index (χ1n) is 13.5. The van der Waals surface area contributed by atoms with Crippen LogP contribution < -0.4 is 5.32 Å². The first kappa shape index (κ1) is 27.6. The Morgan fingerprint density at radius 3 is 2.34 bits per heavy atom. The van der Waals surface area contributed by atoms with Crippen LogP contribution in [0.1, 0.15) is 87.9 Å². The van der Waals surface area contributed by atoms with Gasteiger partial charge in [0.05, 0.1) is 11.6 Å². The maximum atomic E-state index is 16.0. The van der Waals surface area contributed by atoms with E-state index in [1.54, 1.807) is 50.5 Å². The van der Waals surface area contributed by atoms with Gasteiger partial charge in [-0.1, -0.05) is 50.3 Å².